The monoisotopic (exact) mass is 305 g/mol. The van der Waals surface area contributed by atoms with E-state index in [1.165, 1.54) is 12.3 Å². The lowest BCUT2D eigenvalue weighted by atomic mass is 10.0. The van der Waals surface area contributed by atoms with E-state index in [-0.39, 0.29) is 17.3 Å². The van der Waals surface area contributed by atoms with Gasteiger partial charge in [0.2, 0.25) is 0 Å². The molecule has 0 aliphatic carbocycles. The predicted molar refractivity (Wildman–Crippen MR) is 64.4 cm³/mol. The number of rotatable bonds is 1. The van der Waals surface area contributed by atoms with Gasteiger partial charge in [-0.3, -0.25) is 4.98 Å². The van der Waals surface area contributed by atoms with Crippen LogP contribution in [0.25, 0.3) is 11.3 Å². The Morgan fingerprint density at radius 3 is 1.76 bits per heavy atom. The van der Waals surface area contributed by atoms with Crippen LogP contribution in [-0.4, -0.2) is 4.98 Å². The maximum atomic E-state index is 12.7. The predicted octanol–water partition coefficient (Wildman–Crippen LogP) is 5.09. The van der Waals surface area contributed by atoms with Crippen LogP contribution in [0.3, 0.4) is 0 Å². The van der Waals surface area contributed by atoms with E-state index in [1.54, 1.807) is 13.0 Å². The third-order valence-corrected chi connectivity index (χ3v) is 2.80. The highest BCUT2D eigenvalue weighted by Gasteiger charge is 2.37. The maximum Gasteiger partial charge on any atom is 0.416 e. The van der Waals surface area contributed by atoms with Crippen molar-refractivity contribution in [3.63, 3.8) is 0 Å². The number of hydrogen-bond donors (Lipinski definition) is 0. The van der Waals surface area contributed by atoms with Gasteiger partial charge in [-0.25, -0.2) is 0 Å². The number of halogens is 6. The summed E-state index contributed by atoms with van der Waals surface area (Å²) in [5, 5.41) is 0. The third kappa shape index (κ3) is 3.53. The van der Waals surface area contributed by atoms with E-state index in [9.17, 15) is 26.3 Å². The first-order valence-electron chi connectivity index (χ1n) is 5.80. The molecule has 0 bridgehead atoms. The van der Waals surface area contributed by atoms with E-state index in [1.807, 2.05) is 0 Å². The van der Waals surface area contributed by atoms with Gasteiger partial charge in [0.15, 0.2) is 0 Å². The zero-order chi connectivity index (χ0) is 15.8. The lowest BCUT2D eigenvalue weighted by molar-refractivity contribution is -0.143. The molecule has 0 aliphatic rings. The van der Waals surface area contributed by atoms with Crippen molar-refractivity contribution < 1.29 is 26.3 Å². The zero-order valence-corrected chi connectivity index (χ0v) is 10.7. The van der Waals surface area contributed by atoms with E-state index in [4.69, 9.17) is 0 Å². The average molecular weight is 305 g/mol. The van der Waals surface area contributed by atoms with Gasteiger partial charge >= 0.3 is 12.4 Å². The quantitative estimate of drug-likeness (QED) is 0.668. The molecule has 0 radical (unpaired) electrons. The molecule has 21 heavy (non-hydrogen) atoms. The Kier molecular flexibility index (Phi) is 3.69. The fourth-order valence-corrected chi connectivity index (χ4v) is 1.80. The fraction of sp³-hybridized carbons (Fsp3) is 0.214. The first-order valence-corrected chi connectivity index (χ1v) is 5.80. The van der Waals surface area contributed by atoms with Gasteiger partial charge < -0.3 is 0 Å². The molecule has 1 heterocycles. The van der Waals surface area contributed by atoms with E-state index in [0.717, 1.165) is 0 Å². The van der Waals surface area contributed by atoms with Gasteiger partial charge in [0.25, 0.3) is 0 Å². The molecule has 0 fully saturated rings. The van der Waals surface area contributed by atoms with Gasteiger partial charge in [-0.2, -0.15) is 26.3 Å². The van der Waals surface area contributed by atoms with Crippen LogP contribution >= 0.6 is 0 Å². The summed E-state index contributed by atoms with van der Waals surface area (Å²) in [6.07, 6.45) is -8.39. The molecule has 0 spiro atoms. The Morgan fingerprint density at radius 2 is 1.33 bits per heavy atom. The summed E-state index contributed by atoms with van der Waals surface area (Å²) < 4.78 is 76.5. The maximum absolute atomic E-state index is 12.7. The number of aryl methyl sites for hydroxylation is 1. The highest BCUT2D eigenvalue weighted by Crippen LogP contribution is 2.38. The van der Waals surface area contributed by atoms with Gasteiger partial charge in [0.1, 0.15) is 0 Å². The SMILES string of the molecule is Cc1ccnc(-c2cc(C(F)(F)F)cc(C(F)(F)F)c2)c1. The molecule has 0 amide bonds. The Hall–Kier alpha value is -2.05. The van der Waals surface area contributed by atoms with Gasteiger partial charge in [-0.05, 0) is 42.8 Å². The zero-order valence-electron chi connectivity index (χ0n) is 10.7. The summed E-state index contributed by atoms with van der Waals surface area (Å²) in [6.45, 7) is 1.67. The molecule has 0 saturated heterocycles. The summed E-state index contributed by atoms with van der Waals surface area (Å²) in [7, 11) is 0. The number of hydrogen-bond acceptors (Lipinski definition) is 1. The molecule has 0 atom stereocenters. The van der Waals surface area contributed by atoms with Gasteiger partial charge in [0, 0.05) is 11.8 Å². The third-order valence-electron chi connectivity index (χ3n) is 2.80. The summed E-state index contributed by atoms with van der Waals surface area (Å²) in [5.41, 5.74) is -2.18. The summed E-state index contributed by atoms with van der Waals surface area (Å²) in [5.74, 6) is 0. The molecule has 1 nitrogen and oxygen atoms in total. The van der Waals surface area contributed by atoms with Crippen molar-refractivity contribution in [3.8, 4) is 11.3 Å². The lowest BCUT2D eigenvalue weighted by Crippen LogP contribution is -2.11. The van der Waals surface area contributed by atoms with Crippen molar-refractivity contribution in [2.45, 2.75) is 19.3 Å². The van der Waals surface area contributed by atoms with E-state index in [2.05, 4.69) is 4.98 Å². The molecule has 0 saturated carbocycles. The Labute approximate surface area is 116 Å². The number of aromatic nitrogens is 1. The molecule has 0 unspecified atom stereocenters. The van der Waals surface area contributed by atoms with Gasteiger partial charge in [-0.15, -0.1) is 0 Å². The van der Waals surface area contributed by atoms with Crippen molar-refractivity contribution in [2.24, 2.45) is 0 Å². The van der Waals surface area contributed by atoms with Crippen molar-refractivity contribution in [3.05, 3.63) is 53.2 Å². The molecular formula is C14H9F6N. The topological polar surface area (TPSA) is 12.9 Å². The highest BCUT2D eigenvalue weighted by atomic mass is 19.4. The lowest BCUT2D eigenvalue weighted by Gasteiger charge is -2.14. The molecule has 2 rings (SSSR count). The molecule has 1 aromatic carbocycles. The Balaban J connectivity index is 2.66. The van der Waals surface area contributed by atoms with Crippen molar-refractivity contribution in [2.75, 3.05) is 0 Å². The second kappa shape index (κ2) is 5.05. The number of nitrogens with zero attached hydrogens (tertiary/aromatic N) is 1. The fourth-order valence-electron chi connectivity index (χ4n) is 1.80. The second-order valence-corrected chi connectivity index (χ2v) is 4.51. The first kappa shape index (κ1) is 15.3. The van der Waals surface area contributed by atoms with Crippen LogP contribution in [0.2, 0.25) is 0 Å². The summed E-state index contributed by atoms with van der Waals surface area (Å²) >= 11 is 0. The minimum atomic E-state index is -4.86. The minimum absolute atomic E-state index is 0.0617. The normalized spacial score (nSPS) is 12.5. The average Bonchev–Trinajstić information content (AvgIpc) is 2.36. The highest BCUT2D eigenvalue weighted by molar-refractivity contribution is 5.62. The Morgan fingerprint density at radius 1 is 0.810 bits per heavy atom. The smallest absolute Gasteiger partial charge is 0.256 e. The van der Waals surface area contributed by atoms with Crippen LogP contribution in [0.1, 0.15) is 16.7 Å². The van der Waals surface area contributed by atoms with Crippen LogP contribution in [0.15, 0.2) is 36.5 Å². The van der Waals surface area contributed by atoms with Crippen LogP contribution in [-0.2, 0) is 12.4 Å². The Bertz CT molecular complexity index is 625. The van der Waals surface area contributed by atoms with Crippen molar-refractivity contribution >= 4 is 0 Å². The summed E-state index contributed by atoms with van der Waals surface area (Å²) in [6, 6.07) is 4.45. The van der Waals surface area contributed by atoms with Crippen LogP contribution in [0.5, 0.6) is 0 Å². The molecule has 7 heteroatoms. The second-order valence-electron chi connectivity index (χ2n) is 4.51. The molecule has 1 aromatic heterocycles. The van der Waals surface area contributed by atoms with E-state index < -0.39 is 23.5 Å². The van der Waals surface area contributed by atoms with E-state index >= 15 is 0 Å². The molecule has 0 aliphatic heterocycles. The van der Waals surface area contributed by atoms with Gasteiger partial charge in [0.05, 0.1) is 16.8 Å². The number of alkyl halides is 6. The van der Waals surface area contributed by atoms with Crippen molar-refractivity contribution in [1.82, 2.24) is 4.98 Å². The first-order chi connectivity index (χ1) is 9.57. The van der Waals surface area contributed by atoms with Gasteiger partial charge in [-0.1, -0.05) is 0 Å². The molecular weight excluding hydrogens is 296 g/mol. The molecule has 2 aromatic rings. The summed E-state index contributed by atoms with van der Waals surface area (Å²) in [4.78, 5) is 3.82. The van der Waals surface area contributed by atoms with E-state index in [0.29, 0.717) is 17.7 Å². The van der Waals surface area contributed by atoms with Crippen LogP contribution in [0.4, 0.5) is 26.3 Å². The minimum Gasteiger partial charge on any atom is -0.256 e. The molecule has 112 valence electrons. The largest absolute Gasteiger partial charge is 0.416 e. The van der Waals surface area contributed by atoms with Crippen molar-refractivity contribution in [1.29, 1.82) is 0 Å². The van der Waals surface area contributed by atoms with Crippen LogP contribution in [0, 0.1) is 6.92 Å². The standard InChI is InChI=1S/C14H9F6N/c1-8-2-3-21-12(4-8)9-5-10(13(15,16)17)7-11(6-9)14(18,19)20/h2-7H,1H3. The van der Waals surface area contributed by atoms with Crippen LogP contribution < -0.4 is 0 Å². The number of benzene rings is 1. The molecule has 0 N–H and O–H groups in total. The number of pyridine rings is 1.